The lowest BCUT2D eigenvalue weighted by Gasteiger charge is -2.18. The fourth-order valence-corrected chi connectivity index (χ4v) is 4.91. The topological polar surface area (TPSA) is 142 Å². The van der Waals surface area contributed by atoms with Crippen LogP contribution in [0.1, 0.15) is 41.5 Å². The Balaban J connectivity index is 1.81. The van der Waals surface area contributed by atoms with Gasteiger partial charge in [-0.15, -0.1) is 0 Å². The van der Waals surface area contributed by atoms with Crippen LogP contribution in [0.15, 0.2) is 52.5 Å². The quantitative estimate of drug-likeness (QED) is 0.255. The van der Waals surface area contributed by atoms with E-state index in [1.165, 1.54) is 16.4 Å². The van der Waals surface area contributed by atoms with Gasteiger partial charge in [0.05, 0.1) is 33.2 Å². The van der Waals surface area contributed by atoms with E-state index in [0.29, 0.717) is 16.8 Å². The number of anilines is 1. The lowest BCUT2D eigenvalue weighted by Crippen LogP contribution is -2.34. The van der Waals surface area contributed by atoms with Crippen molar-refractivity contribution in [3.63, 3.8) is 0 Å². The summed E-state index contributed by atoms with van der Waals surface area (Å²) in [5, 5.41) is 15.6. The van der Waals surface area contributed by atoms with E-state index in [2.05, 4.69) is 10.5 Å². The third-order valence-corrected chi connectivity index (χ3v) is 7.19. The summed E-state index contributed by atoms with van der Waals surface area (Å²) in [4.78, 5) is 36.6. The Morgan fingerprint density at radius 2 is 1.67 bits per heavy atom. The summed E-state index contributed by atoms with van der Waals surface area (Å²) < 4.78 is 26.6. The van der Waals surface area contributed by atoms with E-state index in [1.807, 2.05) is 0 Å². The van der Waals surface area contributed by atoms with Crippen molar-refractivity contribution in [2.75, 3.05) is 25.1 Å². The molecule has 12 heteroatoms. The minimum Gasteiger partial charge on any atom is -0.272 e. The number of sulfonamides is 1. The van der Waals surface area contributed by atoms with Crippen LogP contribution in [-0.2, 0) is 10.0 Å². The first kappa shape index (κ1) is 24.0. The number of fused-ring (bicyclic) bond motifs is 1. The Morgan fingerprint density at radius 3 is 2.18 bits per heavy atom. The summed E-state index contributed by atoms with van der Waals surface area (Å²) in [6, 6.07) is 9.96. The molecule has 0 unspecified atom stereocenters. The fraction of sp³-hybridized carbons (Fsp3) is 0.286. The highest BCUT2D eigenvalue weighted by molar-refractivity contribution is 7.89. The molecule has 1 heterocycles. The van der Waals surface area contributed by atoms with E-state index in [9.17, 15) is 28.1 Å². The second-order valence-corrected chi connectivity index (χ2v) is 9.16. The van der Waals surface area contributed by atoms with Gasteiger partial charge >= 0.3 is 0 Å². The lowest BCUT2D eigenvalue weighted by atomic mass is 10.1. The molecular formula is C21H23N5O6S. The van der Waals surface area contributed by atoms with Crippen molar-refractivity contribution in [1.29, 1.82) is 0 Å². The summed E-state index contributed by atoms with van der Waals surface area (Å²) in [5.41, 5.74) is 2.98. The van der Waals surface area contributed by atoms with Gasteiger partial charge in [-0.1, -0.05) is 26.0 Å². The van der Waals surface area contributed by atoms with Crippen molar-refractivity contribution in [3.8, 4) is 0 Å². The molecule has 1 aliphatic rings. The summed E-state index contributed by atoms with van der Waals surface area (Å²) in [7, 11) is -3.88. The average Bonchev–Trinajstić information content (AvgIpc) is 3.03. The van der Waals surface area contributed by atoms with Crippen LogP contribution in [0.5, 0.6) is 0 Å². The largest absolute Gasteiger partial charge is 0.295 e. The zero-order valence-corrected chi connectivity index (χ0v) is 19.1. The van der Waals surface area contributed by atoms with Gasteiger partial charge in [0.25, 0.3) is 17.5 Å². The Labute approximate surface area is 190 Å². The maximum Gasteiger partial charge on any atom is 0.295 e. The zero-order valence-electron chi connectivity index (χ0n) is 18.3. The van der Waals surface area contributed by atoms with Crippen LogP contribution in [0.2, 0.25) is 0 Å². The molecule has 0 aromatic heterocycles. The number of hydrogen-bond donors (Lipinski definition) is 1. The molecule has 0 radical (unpaired) electrons. The molecule has 2 amide bonds. The Kier molecular flexibility index (Phi) is 6.89. The minimum atomic E-state index is -3.88. The molecule has 1 aliphatic heterocycles. The molecule has 0 saturated heterocycles. The van der Waals surface area contributed by atoms with Gasteiger partial charge in [0.15, 0.2) is 0 Å². The number of amides is 2. The van der Waals surface area contributed by atoms with E-state index in [-0.39, 0.29) is 30.2 Å². The number of carbonyl (C=O) groups excluding carboxylic acids is 2. The van der Waals surface area contributed by atoms with E-state index in [1.54, 1.807) is 45.0 Å². The van der Waals surface area contributed by atoms with Gasteiger partial charge in [0, 0.05) is 19.2 Å². The van der Waals surface area contributed by atoms with Crippen molar-refractivity contribution < 1.29 is 22.9 Å². The van der Waals surface area contributed by atoms with Crippen LogP contribution in [0.25, 0.3) is 0 Å². The average molecular weight is 474 g/mol. The van der Waals surface area contributed by atoms with E-state index in [0.717, 1.165) is 11.0 Å². The number of carbonyl (C=O) groups is 2. The molecule has 174 valence electrons. The number of nitrogens with zero attached hydrogens (tertiary/aromatic N) is 4. The first-order valence-corrected chi connectivity index (χ1v) is 11.6. The number of imide groups is 1. The highest BCUT2D eigenvalue weighted by Gasteiger charge is 2.35. The van der Waals surface area contributed by atoms with Gasteiger partial charge in [-0.25, -0.2) is 8.42 Å². The first-order chi connectivity index (χ1) is 15.6. The normalized spacial score (nSPS) is 14.1. The Hall–Kier alpha value is -3.64. The van der Waals surface area contributed by atoms with Crippen LogP contribution in [0.3, 0.4) is 0 Å². The SMILES string of the molecule is CCN(CC)S(=O)(=O)c1ccc(NN=C(C)CN2C(=O)c3ccccc3C2=O)c([N+](=O)[O-])c1. The number of nitrogens with one attached hydrogen (secondary N) is 1. The van der Waals surface area contributed by atoms with Gasteiger partial charge in [-0.05, 0) is 31.2 Å². The van der Waals surface area contributed by atoms with Crippen molar-refractivity contribution in [3.05, 3.63) is 63.7 Å². The van der Waals surface area contributed by atoms with Crippen LogP contribution in [0, 0.1) is 10.1 Å². The van der Waals surface area contributed by atoms with E-state index < -0.39 is 32.4 Å². The summed E-state index contributed by atoms with van der Waals surface area (Å²) in [5.74, 6) is -0.885. The molecule has 0 spiro atoms. The summed E-state index contributed by atoms with van der Waals surface area (Å²) in [6.45, 7) is 5.26. The molecule has 33 heavy (non-hydrogen) atoms. The highest BCUT2D eigenvalue weighted by atomic mass is 32.2. The fourth-order valence-electron chi connectivity index (χ4n) is 3.43. The Morgan fingerprint density at radius 1 is 1.09 bits per heavy atom. The van der Waals surface area contributed by atoms with Crippen molar-refractivity contribution in [1.82, 2.24) is 9.21 Å². The molecule has 3 rings (SSSR count). The number of rotatable bonds is 9. The molecule has 2 aromatic rings. The first-order valence-electron chi connectivity index (χ1n) is 10.1. The van der Waals surface area contributed by atoms with Gasteiger partial charge in [0.1, 0.15) is 5.69 Å². The number of hydrazone groups is 1. The zero-order chi connectivity index (χ0) is 24.3. The molecular weight excluding hydrogens is 450 g/mol. The van der Waals surface area contributed by atoms with Crippen LogP contribution in [-0.4, -0.2) is 59.7 Å². The smallest absolute Gasteiger partial charge is 0.272 e. The van der Waals surface area contributed by atoms with Crippen molar-refractivity contribution in [2.24, 2.45) is 5.10 Å². The predicted molar refractivity (Wildman–Crippen MR) is 122 cm³/mol. The van der Waals surface area contributed by atoms with Crippen LogP contribution < -0.4 is 5.43 Å². The van der Waals surface area contributed by atoms with Crippen molar-refractivity contribution >= 4 is 38.9 Å². The van der Waals surface area contributed by atoms with E-state index >= 15 is 0 Å². The Bertz CT molecular complexity index is 1220. The molecule has 11 nitrogen and oxygen atoms in total. The molecule has 1 N–H and O–H groups in total. The standard InChI is InChI=1S/C21H23N5O6S/c1-4-24(5-2)33(31,32)15-10-11-18(19(12-15)26(29)30)23-22-14(3)13-25-20(27)16-8-6-7-9-17(16)21(25)28/h6-12,23H,4-5,13H2,1-3H3. The molecule has 0 bridgehead atoms. The number of hydrogen-bond acceptors (Lipinski definition) is 8. The second kappa shape index (κ2) is 9.46. The highest BCUT2D eigenvalue weighted by Crippen LogP contribution is 2.29. The third-order valence-electron chi connectivity index (χ3n) is 5.14. The monoisotopic (exact) mass is 473 g/mol. The lowest BCUT2D eigenvalue weighted by molar-refractivity contribution is -0.384. The summed E-state index contributed by atoms with van der Waals surface area (Å²) in [6.07, 6.45) is 0. The molecule has 2 aromatic carbocycles. The predicted octanol–water partition coefficient (Wildman–Crippen LogP) is 2.71. The second-order valence-electron chi connectivity index (χ2n) is 7.23. The van der Waals surface area contributed by atoms with Crippen LogP contribution >= 0.6 is 0 Å². The number of nitro benzene ring substituents is 1. The van der Waals surface area contributed by atoms with Gasteiger partial charge in [-0.2, -0.15) is 9.41 Å². The molecule has 0 fully saturated rings. The minimum absolute atomic E-state index is 0.0276. The van der Waals surface area contributed by atoms with Gasteiger partial charge in [0.2, 0.25) is 10.0 Å². The van der Waals surface area contributed by atoms with E-state index in [4.69, 9.17) is 0 Å². The van der Waals surface area contributed by atoms with Gasteiger partial charge < -0.3 is 0 Å². The molecule has 0 atom stereocenters. The number of benzene rings is 2. The van der Waals surface area contributed by atoms with Gasteiger partial charge in [-0.3, -0.25) is 30.0 Å². The summed E-state index contributed by atoms with van der Waals surface area (Å²) >= 11 is 0. The van der Waals surface area contributed by atoms with Crippen molar-refractivity contribution in [2.45, 2.75) is 25.7 Å². The maximum absolute atomic E-state index is 12.7. The molecule has 0 saturated carbocycles. The van der Waals surface area contributed by atoms with Crippen LogP contribution in [0.4, 0.5) is 11.4 Å². The number of nitro groups is 1. The molecule has 0 aliphatic carbocycles. The third kappa shape index (κ3) is 4.61. The maximum atomic E-state index is 12.7.